The highest BCUT2D eigenvalue weighted by atomic mass is 16.3. The van der Waals surface area contributed by atoms with E-state index in [2.05, 4.69) is 4.98 Å². The molecular weight excluding hydrogens is 202 g/mol. The fraction of sp³-hybridized carbons (Fsp3) is 0. The van der Waals surface area contributed by atoms with Crippen molar-refractivity contribution in [2.45, 2.75) is 0 Å². The van der Waals surface area contributed by atoms with Crippen molar-refractivity contribution in [3.8, 4) is 11.3 Å². The number of benzene rings is 1. The molecule has 0 bridgehead atoms. The third-order valence-corrected chi connectivity index (χ3v) is 2.65. The number of nitrogens with one attached hydrogen (secondary N) is 1. The van der Waals surface area contributed by atoms with Gasteiger partial charge in [0.05, 0.1) is 6.26 Å². The molecule has 0 amide bonds. The summed E-state index contributed by atoms with van der Waals surface area (Å²) < 4.78 is 5.32. The summed E-state index contributed by atoms with van der Waals surface area (Å²) in [5.41, 5.74) is 2.60. The Bertz CT molecular complexity index is 635. The molecule has 16 heavy (non-hydrogen) atoms. The Labute approximate surface area is 91.7 Å². The minimum Gasteiger partial charge on any atom is -0.464 e. The second kappa shape index (κ2) is 3.38. The Morgan fingerprint density at radius 3 is 2.94 bits per heavy atom. The molecule has 1 aromatic carbocycles. The quantitative estimate of drug-likeness (QED) is 0.661. The molecule has 78 valence electrons. The van der Waals surface area contributed by atoms with Gasteiger partial charge in [-0.05, 0) is 30.3 Å². The van der Waals surface area contributed by atoms with Gasteiger partial charge in [-0.25, -0.2) is 0 Å². The van der Waals surface area contributed by atoms with Crippen LogP contribution in [0.15, 0.2) is 47.2 Å². The van der Waals surface area contributed by atoms with Crippen LogP contribution < -0.4 is 0 Å². The average Bonchev–Trinajstić information content (AvgIpc) is 2.97. The second-order valence-electron chi connectivity index (χ2n) is 3.60. The standard InChI is InChI=1S/C13H9NO2/c15-8-10-7-14-12-4-3-9(6-11(10)12)13-2-1-5-16-13/h1-8,14H. The van der Waals surface area contributed by atoms with Crippen LogP contribution in [0.3, 0.4) is 0 Å². The molecule has 2 heterocycles. The van der Waals surface area contributed by atoms with Crippen molar-refractivity contribution in [3.05, 3.63) is 48.4 Å². The monoisotopic (exact) mass is 211 g/mol. The number of carbonyl (C=O) groups excluding carboxylic acids is 1. The van der Waals surface area contributed by atoms with E-state index in [0.717, 1.165) is 28.5 Å². The predicted molar refractivity (Wildman–Crippen MR) is 61.4 cm³/mol. The van der Waals surface area contributed by atoms with Gasteiger partial charge in [0.25, 0.3) is 0 Å². The van der Waals surface area contributed by atoms with Crippen LogP contribution in [0.4, 0.5) is 0 Å². The van der Waals surface area contributed by atoms with Crippen LogP contribution in [0.5, 0.6) is 0 Å². The molecule has 0 aliphatic rings. The van der Waals surface area contributed by atoms with Crippen molar-refractivity contribution in [1.82, 2.24) is 4.98 Å². The molecule has 2 aromatic heterocycles. The maximum absolute atomic E-state index is 10.8. The highest BCUT2D eigenvalue weighted by Gasteiger charge is 2.06. The number of hydrogen-bond acceptors (Lipinski definition) is 2. The minimum atomic E-state index is 0.670. The summed E-state index contributed by atoms with van der Waals surface area (Å²) in [4.78, 5) is 13.9. The Kier molecular flexibility index (Phi) is 1.90. The maximum Gasteiger partial charge on any atom is 0.152 e. The number of furan rings is 1. The van der Waals surface area contributed by atoms with Crippen LogP contribution >= 0.6 is 0 Å². The van der Waals surface area contributed by atoms with Gasteiger partial charge in [-0.1, -0.05) is 0 Å². The molecule has 1 N–H and O–H groups in total. The molecule has 3 rings (SSSR count). The third-order valence-electron chi connectivity index (χ3n) is 2.65. The summed E-state index contributed by atoms with van der Waals surface area (Å²) >= 11 is 0. The van der Waals surface area contributed by atoms with Crippen molar-refractivity contribution in [2.75, 3.05) is 0 Å². The SMILES string of the molecule is O=Cc1c[nH]c2ccc(-c3ccco3)cc12. The zero-order valence-corrected chi connectivity index (χ0v) is 8.44. The van der Waals surface area contributed by atoms with Gasteiger partial charge in [-0.15, -0.1) is 0 Å². The number of H-pyrrole nitrogens is 1. The number of fused-ring (bicyclic) bond motifs is 1. The van der Waals surface area contributed by atoms with E-state index < -0.39 is 0 Å². The molecule has 3 heteroatoms. The first-order valence-corrected chi connectivity index (χ1v) is 4.98. The van der Waals surface area contributed by atoms with E-state index in [4.69, 9.17) is 4.42 Å². The minimum absolute atomic E-state index is 0.670. The first-order valence-electron chi connectivity index (χ1n) is 4.98. The number of aromatic nitrogens is 1. The molecule has 0 fully saturated rings. The van der Waals surface area contributed by atoms with Gasteiger partial charge in [0.2, 0.25) is 0 Å². The Balaban J connectivity index is 2.25. The molecule has 0 spiro atoms. The van der Waals surface area contributed by atoms with Gasteiger partial charge in [0.1, 0.15) is 5.76 Å². The van der Waals surface area contributed by atoms with E-state index in [9.17, 15) is 4.79 Å². The zero-order chi connectivity index (χ0) is 11.0. The second-order valence-corrected chi connectivity index (χ2v) is 3.60. The fourth-order valence-electron chi connectivity index (χ4n) is 1.84. The number of aromatic amines is 1. The third kappa shape index (κ3) is 1.26. The Hall–Kier alpha value is -2.29. The molecule has 0 unspecified atom stereocenters. The summed E-state index contributed by atoms with van der Waals surface area (Å²) in [6, 6.07) is 9.60. The smallest absolute Gasteiger partial charge is 0.152 e. The fourth-order valence-corrected chi connectivity index (χ4v) is 1.84. The van der Waals surface area contributed by atoms with Crippen LogP contribution in [0.1, 0.15) is 10.4 Å². The molecule has 0 saturated heterocycles. The average molecular weight is 211 g/mol. The number of hydrogen-bond donors (Lipinski definition) is 1. The molecule has 0 aliphatic carbocycles. The van der Waals surface area contributed by atoms with Crippen molar-refractivity contribution in [2.24, 2.45) is 0 Å². The lowest BCUT2D eigenvalue weighted by Gasteiger charge is -1.97. The van der Waals surface area contributed by atoms with E-state index in [1.165, 1.54) is 0 Å². The lowest BCUT2D eigenvalue weighted by molar-refractivity contribution is 0.112. The number of carbonyl (C=O) groups is 1. The molecular formula is C13H9NO2. The lowest BCUT2D eigenvalue weighted by Crippen LogP contribution is -1.77. The van der Waals surface area contributed by atoms with E-state index in [1.54, 1.807) is 12.5 Å². The Morgan fingerprint density at radius 1 is 1.25 bits per heavy atom. The van der Waals surface area contributed by atoms with Gasteiger partial charge in [0, 0.05) is 28.2 Å². The highest BCUT2D eigenvalue weighted by molar-refractivity contribution is 5.98. The summed E-state index contributed by atoms with van der Waals surface area (Å²) in [5.74, 6) is 0.806. The molecule has 3 aromatic rings. The van der Waals surface area contributed by atoms with Gasteiger partial charge in [-0.2, -0.15) is 0 Å². The largest absolute Gasteiger partial charge is 0.464 e. The highest BCUT2D eigenvalue weighted by Crippen LogP contribution is 2.25. The van der Waals surface area contributed by atoms with Gasteiger partial charge >= 0.3 is 0 Å². The molecule has 3 nitrogen and oxygen atoms in total. The number of aldehydes is 1. The van der Waals surface area contributed by atoms with Gasteiger partial charge in [-0.3, -0.25) is 4.79 Å². The number of rotatable bonds is 2. The lowest BCUT2D eigenvalue weighted by atomic mass is 10.1. The summed E-state index contributed by atoms with van der Waals surface area (Å²) in [5, 5.41) is 0.920. The van der Waals surface area contributed by atoms with E-state index in [0.29, 0.717) is 5.56 Å². The van der Waals surface area contributed by atoms with Crippen molar-refractivity contribution in [3.63, 3.8) is 0 Å². The van der Waals surface area contributed by atoms with Crippen molar-refractivity contribution < 1.29 is 9.21 Å². The topological polar surface area (TPSA) is 46.0 Å². The van der Waals surface area contributed by atoms with E-state index in [1.807, 2.05) is 30.3 Å². The zero-order valence-electron chi connectivity index (χ0n) is 8.44. The van der Waals surface area contributed by atoms with E-state index >= 15 is 0 Å². The van der Waals surface area contributed by atoms with Crippen LogP contribution in [0.2, 0.25) is 0 Å². The maximum atomic E-state index is 10.8. The Morgan fingerprint density at radius 2 is 2.19 bits per heavy atom. The molecule has 0 aliphatic heterocycles. The van der Waals surface area contributed by atoms with Gasteiger partial charge in [0.15, 0.2) is 6.29 Å². The predicted octanol–water partition coefficient (Wildman–Crippen LogP) is 3.24. The van der Waals surface area contributed by atoms with Gasteiger partial charge < -0.3 is 9.40 Å². The van der Waals surface area contributed by atoms with Crippen LogP contribution in [0.25, 0.3) is 22.2 Å². The van der Waals surface area contributed by atoms with Crippen molar-refractivity contribution >= 4 is 17.2 Å². The van der Waals surface area contributed by atoms with Crippen LogP contribution in [-0.4, -0.2) is 11.3 Å². The summed E-state index contributed by atoms with van der Waals surface area (Å²) in [7, 11) is 0. The van der Waals surface area contributed by atoms with Crippen LogP contribution in [-0.2, 0) is 0 Å². The first kappa shape index (κ1) is 8.97. The molecule has 0 atom stereocenters. The summed E-state index contributed by atoms with van der Waals surface area (Å²) in [6.45, 7) is 0. The first-order chi connectivity index (χ1) is 7.88. The summed E-state index contributed by atoms with van der Waals surface area (Å²) in [6.07, 6.45) is 4.20. The molecule has 0 saturated carbocycles. The normalized spacial score (nSPS) is 10.8. The van der Waals surface area contributed by atoms with Crippen molar-refractivity contribution in [1.29, 1.82) is 0 Å². The van der Waals surface area contributed by atoms with Crippen LogP contribution in [0, 0.1) is 0 Å². The molecule has 0 radical (unpaired) electrons. The van der Waals surface area contributed by atoms with E-state index in [-0.39, 0.29) is 0 Å².